The van der Waals surface area contributed by atoms with Crippen LogP contribution in [0.3, 0.4) is 0 Å². The van der Waals surface area contributed by atoms with E-state index in [4.69, 9.17) is 16.3 Å². The fourth-order valence-electron chi connectivity index (χ4n) is 2.79. The Morgan fingerprint density at radius 3 is 2.65 bits per heavy atom. The van der Waals surface area contributed by atoms with Crippen LogP contribution < -0.4 is 10.0 Å². The maximum Gasteiger partial charge on any atom is 0.138 e. The van der Waals surface area contributed by atoms with Crippen LogP contribution in [0.15, 0.2) is 48.8 Å². The number of pyridine rings is 2. The van der Waals surface area contributed by atoms with Gasteiger partial charge >= 0.3 is 0 Å². The van der Waals surface area contributed by atoms with Gasteiger partial charge in [0.1, 0.15) is 11.0 Å². The Morgan fingerprint density at radius 1 is 1.15 bits per heavy atom. The SMILES string of the molecule is C[SH](=O)(Nc1ccc2c(Nc3ccc(Cl)nc3)nccc2c1)C1COC1. The van der Waals surface area contributed by atoms with E-state index in [2.05, 4.69) is 20.0 Å². The molecule has 2 aromatic heterocycles. The lowest BCUT2D eigenvalue weighted by atomic mass is 10.1. The normalized spacial score (nSPS) is 15.5. The van der Waals surface area contributed by atoms with Gasteiger partial charge in [-0.3, -0.25) is 4.21 Å². The second kappa shape index (κ2) is 6.83. The van der Waals surface area contributed by atoms with Gasteiger partial charge in [-0.15, -0.1) is 0 Å². The summed E-state index contributed by atoms with van der Waals surface area (Å²) in [5, 5.41) is 5.75. The van der Waals surface area contributed by atoms with E-state index < -0.39 is 10.1 Å². The molecule has 1 fully saturated rings. The van der Waals surface area contributed by atoms with Crippen molar-refractivity contribution in [1.82, 2.24) is 9.97 Å². The second-order valence-corrected chi connectivity index (χ2v) is 9.70. The summed E-state index contributed by atoms with van der Waals surface area (Å²) in [6, 6.07) is 11.4. The van der Waals surface area contributed by atoms with Gasteiger partial charge in [-0.05, 0) is 51.9 Å². The van der Waals surface area contributed by atoms with Crippen molar-refractivity contribution in [3.63, 3.8) is 0 Å². The van der Waals surface area contributed by atoms with E-state index in [1.807, 2.05) is 30.3 Å². The molecule has 0 amide bonds. The first-order valence-corrected chi connectivity index (χ1v) is 10.8. The number of nitrogens with zero attached hydrogens (tertiary/aromatic N) is 2. The average Bonchev–Trinajstić information content (AvgIpc) is 2.54. The number of benzene rings is 1. The van der Waals surface area contributed by atoms with Crippen molar-refractivity contribution in [1.29, 1.82) is 0 Å². The van der Waals surface area contributed by atoms with Crippen LogP contribution in [0.2, 0.25) is 5.15 Å². The van der Waals surface area contributed by atoms with Crippen LogP contribution in [0.4, 0.5) is 17.2 Å². The Kier molecular flexibility index (Phi) is 4.52. The lowest BCUT2D eigenvalue weighted by Crippen LogP contribution is -2.47. The maximum absolute atomic E-state index is 12.8. The third kappa shape index (κ3) is 3.51. The fourth-order valence-corrected chi connectivity index (χ4v) is 4.51. The summed E-state index contributed by atoms with van der Waals surface area (Å²) >= 11 is 5.82. The van der Waals surface area contributed by atoms with Gasteiger partial charge < -0.3 is 14.8 Å². The van der Waals surface area contributed by atoms with Crippen LogP contribution in [0.25, 0.3) is 10.8 Å². The minimum absolute atomic E-state index is 0.0882. The monoisotopic (exact) mass is 390 g/mol. The lowest BCUT2D eigenvalue weighted by molar-refractivity contribution is 0.0427. The molecular weight excluding hydrogens is 372 g/mol. The molecule has 8 heteroatoms. The first-order chi connectivity index (χ1) is 12.5. The van der Waals surface area contributed by atoms with E-state index in [0.29, 0.717) is 18.4 Å². The molecular formula is C18H19ClN4O2S. The van der Waals surface area contributed by atoms with E-state index in [-0.39, 0.29) is 5.25 Å². The molecule has 6 nitrogen and oxygen atoms in total. The number of hydrogen-bond acceptors (Lipinski definition) is 5. The topological polar surface area (TPSA) is 76.1 Å². The quantitative estimate of drug-likeness (QED) is 0.460. The van der Waals surface area contributed by atoms with E-state index in [1.54, 1.807) is 24.7 Å². The number of aromatic nitrogens is 2. The summed E-state index contributed by atoms with van der Waals surface area (Å²) in [6.45, 7) is 1.11. The Balaban J connectivity index is 1.61. The summed E-state index contributed by atoms with van der Waals surface area (Å²) < 4.78 is 21.2. The predicted molar refractivity (Wildman–Crippen MR) is 108 cm³/mol. The highest BCUT2D eigenvalue weighted by Gasteiger charge is 2.29. The first kappa shape index (κ1) is 17.2. The molecule has 2 N–H and O–H groups in total. The number of hydrogen-bond donors (Lipinski definition) is 3. The molecule has 0 unspecified atom stereocenters. The summed E-state index contributed by atoms with van der Waals surface area (Å²) in [5.41, 5.74) is 1.64. The van der Waals surface area contributed by atoms with Gasteiger partial charge in [-0.1, -0.05) is 11.6 Å². The van der Waals surface area contributed by atoms with E-state index >= 15 is 0 Å². The van der Waals surface area contributed by atoms with Crippen molar-refractivity contribution >= 4 is 49.7 Å². The number of ether oxygens (including phenoxy) is 1. The fraction of sp³-hybridized carbons (Fsp3) is 0.222. The molecule has 0 bridgehead atoms. The highest BCUT2D eigenvalue weighted by molar-refractivity contribution is 8.04. The van der Waals surface area contributed by atoms with Gasteiger partial charge in [0.15, 0.2) is 0 Å². The van der Waals surface area contributed by atoms with Gasteiger partial charge in [-0.25, -0.2) is 9.97 Å². The van der Waals surface area contributed by atoms with Crippen molar-refractivity contribution in [3.8, 4) is 0 Å². The van der Waals surface area contributed by atoms with Crippen molar-refractivity contribution in [2.24, 2.45) is 0 Å². The van der Waals surface area contributed by atoms with Gasteiger partial charge in [-0.2, -0.15) is 0 Å². The molecule has 1 aliphatic rings. The van der Waals surface area contributed by atoms with Crippen molar-refractivity contribution in [2.75, 3.05) is 29.5 Å². The summed E-state index contributed by atoms with van der Waals surface area (Å²) in [4.78, 5) is 8.48. The molecule has 3 aromatic rings. The van der Waals surface area contributed by atoms with Crippen molar-refractivity contribution in [2.45, 2.75) is 5.25 Å². The molecule has 3 heterocycles. The average molecular weight is 391 g/mol. The largest absolute Gasteiger partial charge is 0.379 e. The molecule has 0 radical (unpaired) electrons. The number of fused-ring (bicyclic) bond motifs is 1. The zero-order chi connectivity index (χ0) is 18.1. The molecule has 1 aliphatic heterocycles. The van der Waals surface area contributed by atoms with Gasteiger partial charge in [0.2, 0.25) is 0 Å². The van der Waals surface area contributed by atoms with Crippen LogP contribution in [0.1, 0.15) is 0 Å². The Hall–Kier alpha value is -2.22. The highest BCUT2D eigenvalue weighted by atomic mass is 35.5. The number of thiol groups is 1. The minimum Gasteiger partial charge on any atom is -0.379 e. The minimum atomic E-state index is -2.50. The molecule has 26 heavy (non-hydrogen) atoms. The predicted octanol–water partition coefficient (Wildman–Crippen LogP) is 3.40. The molecule has 1 saturated heterocycles. The zero-order valence-corrected chi connectivity index (χ0v) is 15.8. The molecule has 0 atom stereocenters. The van der Waals surface area contributed by atoms with Crippen LogP contribution in [-0.2, 0) is 14.9 Å². The molecule has 0 saturated carbocycles. The van der Waals surface area contributed by atoms with Crippen LogP contribution in [0, 0.1) is 0 Å². The number of rotatable bonds is 5. The Morgan fingerprint density at radius 2 is 1.96 bits per heavy atom. The number of nitrogens with one attached hydrogen (secondary N) is 2. The smallest absolute Gasteiger partial charge is 0.138 e. The van der Waals surface area contributed by atoms with Gasteiger partial charge in [0.25, 0.3) is 0 Å². The Labute approximate surface area is 157 Å². The third-order valence-electron chi connectivity index (χ3n) is 4.42. The highest BCUT2D eigenvalue weighted by Crippen LogP contribution is 2.28. The van der Waals surface area contributed by atoms with E-state index in [9.17, 15) is 4.21 Å². The summed E-state index contributed by atoms with van der Waals surface area (Å²) in [7, 11) is -2.50. The van der Waals surface area contributed by atoms with Gasteiger partial charge in [0.05, 0.1) is 30.3 Å². The summed E-state index contributed by atoms with van der Waals surface area (Å²) in [5.74, 6) is 0.727. The van der Waals surface area contributed by atoms with Crippen molar-refractivity contribution in [3.05, 3.63) is 53.9 Å². The molecule has 0 spiro atoms. The lowest BCUT2D eigenvalue weighted by Gasteiger charge is -2.36. The molecule has 136 valence electrons. The second-order valence-electron chi connectivity index (χ2n) is 6.38. The molecule has 1 aromatic carbocycles. The van der Waals surface area contributed by atoms with Crippen LogP contribution >= 0.6 is 11.6 Å². The molecule has 4 rings (SSSR count). The van der Waals surface area contributed by atoms with Gasteiger partial charge in [0, 0.05) is 23.5 Å². The third-order valence-corrected chi connectivity index (χ3v) is 7.04. The molecule has 0 aliphatic carbocycles. The maximum atomic E-state index is 12.8. The number of anilines is 3. The van der Waals surface area contributed by atoms with E-state index in [0.717, 1.165) is 28.0 Å². The standard InChI is InChI=1S/C18H19ClN4O2S/c1-26(24,15-10-25-11-15)23-13-2-4-16-12(8-13)6-7-20-18(16)22-14-3-5-17(19)21-9-14/h2-9,15,26H,10-11H2,1H3,(H,20,22)(H,23,24). The Bertz CT molecular complexity index is 992. The number of halogens is 1. The van der Waals surface area contributed by atoms with E-state index in [1.165, 1.54) is 0 Å². The van der Waals surface area contributed by atoms with Crippen LogP contribution in [-0.4, -0.2) is 38.9 Å². The van der Waals surface area contributed by atoms with Crippen LogP contribution in [0.5, 0.6) is 0 Å². The summed E-state index contributed by atoms with van der Waals surface area (Å²) in [6.07, 6.45) is 5.17. The van der Waals surface area contributed by atoms with Crippen molar-refractivity contribution < 1.29 is 8.95 Å². The first-order valence-electron chi connectivity index (χ1n) is 8.22. The zero-order valence-electron chi connectivity index (χ0n) is 14.1.